The lowest BCUT2D eigenvalue weighted by Gasteiger charge is -2.11. The number of nitrogens with one attached hydrogen (secondary N) is 2. The molecule has 0 saturated heterocycles. The van der Waals surface area contributed by atoms with E-state index in [1.807, 2.05) is 0 Å². The average molecular weight is 324 g/mol. The second kappa shape index (κ2) is 6.51. The van der Waals surface area contributed by atoms with Crippen LogP contribution in [0.5, 0.6) is 0 Å². The third-order valence-electron chi connectivity index (χ3n) is 2.48. The molecule has 110 valence electrons. The standard InChI is InChI=1S/C13H12N2O4S2/c1-7(16)14-10-5-4-9(21-10)12(17)15-11(13(18)19)8-3-2-6-20-8/h2-6,11H,1H3,(H,14,16)(H,15,17)(H,18,19). The van der Waals surface area contributed by atoms with Crippen molar-refractivity contribution >= 4 is 45.5 Å². The quantitative estimate of drug-likeness (QED) is 0.786. The van der Waals surface area contributed by atoms with Crippen LogP contribution in [0.1, 0.15) is 27.5 Å². The Morgan fingerprint density at radius 3 is 2.57 bits per heavy atom. The van der Waals surface area contributed by atoms with Crippen molar-refractivity contribution in [3.63, 3.8) is 0 Å². The summed E-state index contributed by atoms with van der Waals surface area (Å²) in [7, 11) is 0. The van der Waals surface area contributed by atoms with Crippen LogP contribution in [0.4, 0.5) is 5.00 Å². The minimum atomic E-state index is -1.12. The zero-order chi connectivity index (χ0) is 15.4. The van der Waals surface area contributed by atoms with E-state index in [1.165, 1.54) is 18.3 Å². The van der Waals surface area contributed by atoms with Crippen molar-refractivity contribution in [3.8, 4) is 0 Å². The van der Waals surface area contributed by atoms with Gasteiger partial charge in [-0.15, -0.1) is 22.7 Å². The Morgan fingerprint density at radius 2 is 2.00 bits per heavy atom. The Labute approximate surface area is 128 Å². The van der Waals surface area contributed by atoms with E-state index in [1.54, 1.807) is 29.6 Å². The van der Waals surface area contributed by atoms with Gasteiger partial charge in [-0.2, -0.15) is 0 Å². The number of carbonyl (C=O) groups excluding carboxylic acids is 2. The summed E-state index contributed by atoms with van der Waals surface area (Å²) in [5.41, 5.74) is 0. The summed E-state index contributed by atoms with van der Waals surface area (Å²) < 4.78 is 0. The molecule has 1 unspecified atom stereocenters. The molecule has 0 bridgehead atoms. The van der Waals surface area contributed by atoms with Crippen LogP contribution in [0.25, 0.3) is 0 Å². The number of hydrogen-bond acceptors (Lipinski definition) is 5. The van der Waals surface area contributed by atoms with Gasteiger partial charge in [-0.05, 0) is 23.6 Å². The number of aliphatic carboxylic acids is 1. The summed E-state index contributed by atoms with van der Waals surface area (Å²) in [4.78, 5) is 35.2. The van der Waals surface area contributed by atoms with Gasteiger partial charge in [0.2, 0.25) is 5.91 Å². The third-order valence-corrected chi connectivity index (χ3v) is 4.42. The molecule has 2 rings (SSSR count). The van der Waals surface area contributed by atoms with Crippen LogP contribution in [-0.2, 0) is 9.59 Å². The molecule has 0 aliphatic rings. The fourth-order valence-electron chi connectivity index (χ4n) is 1.61. The largest absolute Gasteiger partial charge is 0.479 e. The molecular weight excluding hydrogens is 312 g/mol. The van der Waals surface area contributed by atoms with Crippen LogP contribution in [0.15, 0.2) is 29.6 Å². The van der Waals surface area contributed by atoms with E-state index in [2.05, 4.69) is 10.6 Å². The maximum Gasteiger partial charge on any atom is 0.331 e. The summed E-state index contributed by atoms with van der Waals surface area (Å²) in [5.74, 6) is -1.84. The summed E-state index contributed by atoms with van der Waals surface area (Å²) >= 11 is 2.35. The number of hydrogen-bond donors (Lipinski definition) is 3. The fourth-order valence-corrected chi connectivity index (χ4v) is 3.24. The van der Waals surface area contributed by atoms with Crippen LogP contribution in [0, 0.1) is 0 Å². The first-order chi connectivity index (χ1) is 9.97. The maximum atomic E-state index is 12.1. The first-order valence-corrected chi connectivity index (χ1v) is 7.61. The van der Waals surface area contributed by atoms with Gasteiger partial charge in [0.25, 0.3) is 5.91 Å². The molecule has 0 radical (unpaired) electrons. The molecule has 2 aromatic rings. The lowest BCUT2D eigenvalue weighted by Crippen LogP contribution is -2.32. The van der Waals surface area contributed by atoms with Gasteiger partial charge >= 0.3 is 5.97 Å². The second-order valence-corrected chi connectivity index (χ2v) is 6.17. The molecule has 0 fully saturated rings. The Balaban J connectivity index is 2.10. The zero-order valence-electron chi connectivity index (χ0n) is 11.0. The van der Waals surface area contributed by atoms with Crippen LogP contribution in [0.2, 0.25) is 0 Å². The van der Waals surface area contributed by atoms with Gasteiger partial charge in [0.15, 0.2) is 6.04 Å². The molecule has 2 amide bonds. The summed E-state index contributed by atoms with van der Waals surface area (Å²) in [5, 5.41) is 16.5. The normalized spacial score (nSPS) is 11.7. The van der Waals surface area contributed by atoms with E-state index in [0.29, 0.717) is 14.8 Å². The number of carboxylic acid groups (broad SMARTS) is 1. The fraction of sp³-hybridized carbons (Fsp3) is 0.154. The van der Waals surface area contributed by atoms with Crippen molar-refractivity contribution in [3.05, 3.63) is 39.4 Å². The van der Waals surface area contributed by atoms with E-state index in [-0.39, 0.29) is 5.91 Å². The van der Waals surface area contributed by atoms with Crippen molar-refractivity contribution in [1.82, 2.24) is 5.32 Å². The third kappa shape index (κ3) is 3.89. The maximum absolute atomic E-state index is 12.1. The highest BCUT2D eigenvalue weighted by molar-refractivity contribution is 7.18. The minimum Gasteiger partial charge on any atom is -0.479 e. The van der Waals surface area contributed by atoms with Crippen molar-refractivity contribution in [2.75, 3.05) is 5.32 Å². The average Bonchev–Trinajstić information content (AvgIpc) is 3.05. The second-order valence-electron chi connectivity index (χ2n) is 4.11. The molecule has 0 aromatic carbocycles. The van der Waals surface area contributed by atoms with Crippen molar-refractivity contribution < 1.29 is 19.5 Å². The van der Waals surface area contributed by atoms with Gasteiger partial charge in [0.05, 0.1) is 9.88 Å². The van der Waals surface area contributed by atoms with E-state index < -0.39 is 17.9 Å². The Morgan fingerprint density at radius 1 is 1.24 bits per heavy atom. The van der Waals surface area contributed by atoms with Crippen LogP contribution in [0.3, 0.4) is 0 Å². The van der Waals surface area contributed by atoms with Crippen LogP contribution >= 0.6 is 22.7 Å². The zero-order valence-corrected chi connectivity index (χ0v) is 12.6. The molecule has 0 aliphatic carbocycles. The molecule has 2 aromatic heterocycles. The highest BCUT2D eigenvalue weighted by atomic mass is 32.1. The number of carbonyl (C=O) groups is 3. The molecule has 8 heteroatoms. The van der Waals surface area contributed by atoms with E-state index in [0.717, 1.165) is 11.3 Å². The minimum absolute atomic E-state index is 0.231. The van der Waals surface area contributed by atoms with Gasteiger partial charge in [0.1, 0.15) is 0 Å². The summed E-state index contributed by atoms with van der Waals surface area (Å²) in [6.45, 7) is 1.37. The number of anilines is 1. The van der Waals surface area contributed by atoms with Crippen LogP contribution in [-0.4, -0.2) is 22.9 Å². The molecule has 2 heterocycles. The monoisotopic (exact) mass is 324 g/mol. The number of amides is 2. The topological polar surface area (TPSA) is 95.5 Å². The molecule has 0 saturated carbocycles. The van der Waals surface area contributed by atoms with Crippen molar-refractivity contribution in [2.45, 2.75) is 13.0 Å². The first-order valence-electron chi connectivity index (χ1n) is 5.92. The van der Waals surface area contributed by atoms with Gasteiger partial charge in [0, 0.05) is 11.8 Å². The Hall–Kier alpha value is -2.19. The SMILES string of the molecule is CC(=O)Nc1ccc(C(=O)NC(C(=O)O)c2cccs2)s1. The van der Waals surface area contributed by atoms with Gasteiger partial charge in [-0.3, -0.25) is 9.59 Å². The van der Waals surface area contributed by atoms with Crippen molar-refractivity contribution in [1.29, 1.82) is 0 Å². The Kier molecular flexibility index (Phi) is 4.71. The number of thiophene rings is 2. The molecule has 6 nitrogen and oxygen atoms in total. The van der Waals surface area contributed by atoms with E-state index in [4.69, 9.17) is 0 Å². The van der Waals surface area contributed by atoms with Gasteiger partial charge in [-0.1, -0.05) is 6.07 Å². The van der Waals surface area contributed by atoms with E-state index >= 15 is 0 Å². The predicted molar refractivity (Wildman–Crippen MR) is 80.8 cm³/mol. The lowest BCUT2D eigenvalue weighted by atomic mass is 10.2. The first kappa shape index (κ1) is 15.2. The molecule has 1 atom stereocenters. The molecule has 21 heavy (non-hydrogen) atoms. The predicted octanol–water partition coefficient (Wildman–Crippen LogP) is 2.32. The summed E-state index contributed by atoms with van der Waals surface area (Å²) in [6.07, 6.45) is 0. The Bertz CT molecular complexity index is 664. The molecule has 3 N–H and O–H groups in total. The highest BCUT2D eigenvalue weighted by Gasteiger charge is 2.24. The lowest BCUT2D eigenvalue weighted by molar-refractivity contribution is -0.139. The van der Waals surface area contributed by atoms with Gasteiger partial charge < -0.3 is 15.7 Å². The molecule has 0 aliphatic heterocycles. The molecular formula is C13H12N2O4S2. The van der Waals surface area contributed by atoms with Crippen molar-refractivity contribution in [2.24, 2.45) is 0 Å². The van der Waals surface area contributed by atoms with Crippen LogP contribution < -0.4 is 10.6 Å². The number of carboxylic acids is 1. The molecule has 0 spiro atoms. The smallest absolute Gasteiger partial charge is 0.331 e. The van der Waals surface area contributed by atoms with Gasteiger partial charge in [-0.25, -0.2) is 4.79 Å². The highest BCUT2D eigenvalue weighted by Crippen LogP contribution is 2.24. The van der Waals surface area contributed by atoms with E-state index in [9.17, 15) is 19.5 Å². The number of rotatable bonds is 5. The summed E-state index contributed by atoms with van der Waals surface area (Å²) in [6, 6.07) is 5.44.